The topological polar surface area (TPSA) is 64.6 Å². The Kier molecular flexibility index (Phi) is 5.52. The number of benzene rings is 1. The van der Waals surface area contributed by atoms with E-state index in [0.717, 1.165) is 17.4 Å². The maximum absolute atomic E-state index is 11.5. The van der Waals surface area contributed by atoms with Crippen molar-refractivity contribution in [1.29, 1.82) is 0 Å². The number of halogens is 1. The van der Waals surface area contributed by atoms with E-state index in [0.29, 0.717) is 36.8 Å². The van der Waals surface area contributed by atoms with Crippen LogP contribution in [0.1, 0.15) is 31.9 Å². The van der Waals surface area contributed by atoms with Gasteiger partial charge in [-0.05, 0) is 56.9 Å². The Morgan fingerprint density at radius 2 is 2.13 bits per heavy atom. The summed E-state index contributed by atoms with van der Waals surface area (Å²) in [4.78, 5) is 22.4. The van der Waals surface area contributed by atoms with E-state index in [1.165, 1.54) is 0 Å². The van der Waals surface area contributed by atoms with Crippen LogP contribution >= 0.6 is 11.6 Å². The van der Waals surface area contributed by atoms with Gasteiger partial charge in [-0.25, -0.2) is 4.79 Å². The van der Waals surface area contributed by atoms with E-state index in [2.05, 4.69) is 5.32 Å². The predicted octanol–water partition coefficient (Wildman–Crippen LogP) is 3.16. The van der Waals surface area contributed by atoms with Crippen LogP contribution in [-0.2, 0) is 22.4 Å². The monoisotopic (exact) mass is 339 g/mol. The molecule has 1 aromatic carbocycles. The molecule has 1 atom stereocenters. The Bertz CT molecular complexity index is 595. The number of ether oxygens (including phenoxy) is 2. The van der Waals surface area contributed by atoms with Gasteiger partial charge in [0.1, 0.15) is 24.2 Å². The fourth-order valence-corrected chi connectivity index (χ4v) is 2.82. The number of carbonyl (C=O) groups excluding carboxylic acids is 2. The summed E-state index contributed by atoms with van der Waals surface area (Å²) >= 11 is 6.25. The molecular weight excluding hydrogens is 318 g/mol. The zero-order valence-corrected chi connectivity index (χ0v) is 14.4. The maximum atomic E-state index is 11.5. The van der Waals surface area contributed by atoms with Gasteiger partial charge in [0.15, 0.2) is 0 Å². The molecule has 5 nitrogen and oxygen atoms in total. The smallest absolute Gasteiger partial charge is 0.407 e. The van der Waals surface area contributed by atoms with Gasteiger partial charge in [0.25, 0.3) is 0 Å². The molecule has 0 spiro atoms. The second-order valence-electron chi connectivity index (χ2n) is 6.62. The Hall–Kier alpha value is -1.75. The van der Waals surface area contributed by atoms with E-state index in [4.69, 9.17) is 21.1 Å². The second-order valence-corrected chi connectivity index (χ2v) is 7.03. The van der Waals surface area contributed by atoms with Crippen molar-refractivity contribution in [2.75, 3.05) is 13.2 Å². The lowest BCUT2D eigenvalue weighted by Crippen LogP contribution is -2.34. The highest BCUT2D eigenvalue weighted by Gasteiger charge is 2.24. The lowest BCUT2D eigenvalue weighted by Gasteiger charge is -2.19. The number of carbonyl (C=O) groups is 2. The summed E-state index contributed by atoms with van der Waals surface area (Å²) in [5, 5.41) is 3.25. The highest BCUT2D eigenvalue weighted by atomic mass is 35.5. The van der Waals surface area contributed by atoms with Gasteiger partial charge in [-0.3, -0.25) is 0 Å². The zero-order chi connectivity index (χ0) is 17.0. The Morgan fingerprint density at radius 1 is 1.39 bits per heavy atom. The number of alkyl carbamates (subject to hydrolysis) is 1. The molecule has 1 amide bonds. The van der Waals surface area contributed by atoms with E-state index in [-0.39, 0.29) is 5.92 Å². The summed E-state index contributed by atoms with van der Waals surface area (Å²) in [6.45, 7) is 6.07. The van der Waals surface area contributed by atoms with Crippen molar-refractivity contribution in [1.82, 2.24) is 5.32 Å². The molecule has 0 saturated carbocycles. The lowest BCUT2D eigenvalue weighted by molar-refractivity contribution is -0.110. The minimum atomic E-state index is -0.520. The average Bonchev–Trinajstić information content (AvgIpc) is 2.85. The second kappa shape index (κ2) is 7.21. The molecule has 0 saturated heterocycles. The maximum Gasteiger partial charge on any atom is 0.407 e. The Morgan fingerprint density at radius 3 is 2.78 bits per heavy atom. The van der Waals surface area contributed by atoms with Crippen molar-refractivity contribution in [2.45, 2.75) is 39.2 Å². The van der Waals surface area contributed by atoms with Crippen molar-refractivity contribution in [3.8, 4) is 5.75 Å². The van der Waals surface area contributed by atoms with Crippen LogP contribution in [-0.4, -0.2) is 31.1 Å². The van der Waals surface area contributed by atoms with Crippen LogP contribution < -0.4 is 10.1 Å². The predicted molar refractivity (Wildman–Crippen MR) is 88.1 cm³/mol. The van der Waals surface area contributed by atoms with Gasteiger partial charge >= 0.3 is 6.09 Å². The third kappa shape index (κ3) is 5.13. The van der Waals surface area contributed by atoms with Crippen LogP contribution in [0, 0.1) is 5.92 Å². The minimum Gasteiger partial charge on any atom is -0.492 e. The summed E-state index contributed by atoms with van der Waals surface area (Å²) < 4.78 is 10.8. The molecule has 0 aliphatic heterocycles. The molecular formula is C17H22ClNO4. The SMILES string of the molecule is CC(C)(C)OC(=O)NCCOc1cc(Cl)c2c(c1)CC(C=O)C2. The quantitative estimate of drug-likeness (QED) is 0.661. The van der Waals surface area contributed by atoms with Crippen molar-refractivity contribution in [2.24, 2.45) is 5.92 Å². The molecule has 0 bridgehead atoms. The number of fused-ring (bicyclic) bond motifs is 1. The third-order valence-corrected chi connectivity index (χ3v) is 3.78. The molecule has 1 aromatic rings. The first-order valence-corrected chi connectivity index (χ1v) is 8.02. The van der Waals surface area contributed by atoms with Crippen LogP contribution in [0.5, 0.6) is 5.75 Å². The molecule has 1 aliphatic carbocycles. The highest BCUT2D eigenvalue weighted by molar-refractivity contribution is 6.31. The lowest BCUT2D eigenvalue weighted by atomic mass is 10.1. The van der Waals surface area contributed by atoms with Gasteiger partial charge in [0.05, 0.1) is 6.54 Å². The van der Waals surface area contributed by atoms with E-state index >= 15 is 0 Å². The van der Waals surface area contributed by atoms with Gasteiger partial charge in [0.2, 0.25) is 0 Å². The molecule has 6 heteroatoms. The van der Waals surface area contributed by atoms with Gasteiger partial charge < -0.3 is 19.6 Å². The number of hydrogen-bond donors (Lipinski definition) is 1. The fourth-order valence-electron chi connectivity index (χ4n) is 2.51. The fraction of sp³-hybridized carbons (Fsp3) is 0.529. The van der Waals surface area contributed by atoms with Crippen LogP contribution in [0.4, 0.5) is 4.79 Å². The minimum absolute atomic E-state index is 0.00610. The molecule has 0 aromatic heterocycles. The Labute approximate surface area is 141 Å². The number of nitrogens with one attached hydrogen (secondary N) is 1. The number of hydrogen-bond acceptors (Lipinski definition) is 4. The van der Waals surface area contributed by atoms with Crippen LogP contribution in [0.3, 0.4) is 0 Å². The van der Waals surface area contributed by atoms with Crippen molar-refractivity contribution in [3.63, 3.8) is 0 Å². The van der Waals surface area contributed by atoms with E-state index in [1.807, 2.05) is 26.8 Å². The average molecular weight is 340 g/mol. The summed E-state index contributed by atoms with van der Waals surface area (Å²) in [5.74, 6) is 0.651. The van der Waals surface area contributed by atoms with E-state index in [9.17, 15) is 9.59 Å². The molecule has 0 radical (unpaired) electrons. The summed E-state index contributed by atoms with van der Waals surface area (Å²) in [6, 6.07) is 3.67. The normalized spacial score (nSPS) is 16.6. The largest absolute Gasteiger partial charge is 0.492 e. The van der Waals surface area contributed by atoms with E-state index < -0.39 is 11.7 Å². The molecule has 126 valence electrons. The van der Waals surface area contributed by atoms with Gasteiger partial charge in [-0.2, -0.15) is 0 Å². The standard InChI is InChI=1S/C17H22ClNO4/c1-17(2,3)23-16(21)19-4-5-22-13-8-12-6-11(10-20)7-14(12)15(18)9-13/h8-11H,4-7H2,1-3H3,(H,19,21). The van der Waals surface area contributed by atoms with Crippen LogP contribution in [0.15, 0.2) is 12.1 Å². The van der Waals surface area contributed by atoms with E-state index in [1.54, 1.807) is 6.07 Å². The molecule has 0 heterocycles. The molecule has 0 fully saturated rings. The summed E-state index contributed by atoms with van der Waals surface area (Å²) in [5.41, 5.74) is 1.57. The van der Waals surface area contributed by atoms with Gasteiger partial charge in [-0.1, -0.05) is 11.6 Å². The first-order chi connectivity index (χ1) is 10.8. The van der Waals surface area contributed by atoms with Crippen LogP contribution in [0.25, 0.3) is 0 Å². The highest BCUT2D eigenvalue weighted by Crippen LogP contribution is 2.35. The summed E-state index contributed by atoms with van der Waals surface area (Å²) in [6.07, 6.45) is 1.90. The van der Waals surface area contributed by atoms with Crippen molar-refractivity contribution >= 4 is 24.0 Å². The van der Waals surface area contributed by atoms with Crippen molar-refractivity contribution in [3.05, 3.63) is 28.3 Å². The summed E-state index contributed by atoms with van der Waals surface area (Å²) in [7, 11) is 0. The van der Waals surface area contributed by atoms with Gasteiger partial charge in [0, 0.05) is 10.9 Å². The molecule has 1 N–H and O–H groups in total. The first kappa shape index (κ1) is 17.6. The first-order valence-electron chi connectivity index (χ1n) is 7.65. The molecule has 23 heavy (non-hydrogen) atoms. The molecule has 2 rings (SSSR count). The number of aldehydes is 1. The van der Waals surface area contributed by atoms with Gasteiger partial charge in [-0.15, -0.1) is 0 Å². The zero-order valence-electron chi connectivity index (χ0n) is 13.6. The van der Waals surface area contributed by atoms with Crippen molar-refractivity contribution < 1.29 is 19.1 Å². The van der Waals surface area contributed by atoms with Crippen LogP contribution in [0.2, 0.25) is 5.02 Å². The number of amides is 1. The number of rotatable bonds is 5. The Balaban J connectivity index is 1.82. The molecule has 1 unspecified atom stereocenters. The third-order valence-electron chi connectivity index (χ3n) is 3.44. The molecule has 1 aliphatic rings.